The van der Waals surface area contributed by atoms with Gasteiger partial charge in [-0.15, -0.1) is 0 Å². The lowest BCUT2D eigenvalue weighted by Crippen LogP contribution is -2.21. The van der Waals surface area contributed by atoms with Gasteiger partial charge in [-0.2, -0.15) is 0 Å². The molecule has 0 fully saturated rings. The molecule has 1 heterocycles. The van der Waals surface area contributed by atoms with Crippen LogP contribution in [0.1, 0.15) is 44.0 Å². The second-order valence-electron chi connectivity index (χ2n) is 5.65. The topological polar surface area (TPSA) is 68.5 Å². The van der Waals surface area contributed by atoms with Gasteiger partial charge >= 0.3 is 5.97 Å². The number of nitrogens with zero attached hydrogens (tertiary/aromatic N) is 1. The van der Waals surface area contributed by atoms with E-state index in [0.717, 1.165) is 11.3 Å². The Balaban J connectivity index is 2.34. The molecule has 1 unspecified atom stereocenters. The molecule has 1 N–H and O–H groups in total. The van der Waals surface area contributed by atoms with E-state index in [1.165, 1.54) is 6.07 Å². The van der Waals surface area contributed by atoms with E-state index < -0.39 is 5.97 Å². The van der Waals surface area contributed by atoms with Gasteiger partial charge in [0.25, 0.3) is 0 Å². The van der Waals surface area contributed by atoms with Crippen molar-refractivity contribution in [2.24, 2.45) is 0 Å². The minimum atomic E-state index is -0.852. The van der Waals surface area contributed by atoms with Crippen LogP contribution < -0.4 is 10.2 Å². The lowest BCUT2D eigenvalue weighted by atomic mass is 10.1. The third kappa shape index (κ3) is 4.25. The molecule has 1 aromatic carbocycles. The molecule has 0 aliphatic heterocycles. The highest BCUT2D eigenvalue weighted by molar-refractivity contribution is 5.67. The first-order chi connectivity index (χ1) is 11.6. The fraction of sp³-hybridized carbons (Fsp3) is 0.368. The van der Waals surface area contributed by atoms with Gasteiger partial charge in [-0.3, -0.25) is 9.59 Å². The quantitative estimate of drug-likeness (QED) is 0.806. The van der Waals surface area contributed by atoms with Gasteiger partial charge in [0.2, 0.25) is 5.43 Å². The molecule has 0 bridgehead atoms. The van der Waals surface area contributed by atoms with Crippen molar-refractivity contribution in [3.8, 4) is 5.75 Å². The average Bonchev–Trinajstić information content (AvgIpc) is 2.59. The molecule has 0 saturated carbocycles. The maximum Gasteiger partial charge on any atom is 0.305 e. The smallest absolute Gasteiger partial charge is 0.305 e. The van der Waals surface area contributed by atoms with E-state index in [9.17, 15) is 9.59 Å². The first-order valence-electron chi connectivity index (χ1n) is 8.19. The fourth-order valence-electron chi connectivity index (χ4n) is 2.78. The van der Waals surface area contributed by atoms with E-state index in [0.29, 0.717) is 25.2 Å². The SMILES string of the molecule is CCc1c(OCc2ccccc2)c(=O)ccn1C(CC)CC(=O)O. The Bertz CT molecular complexity index is 737. The van der Waals surface area contributed by atoms with Crippen LogP contribution in [0.15, 0.2) is 47.4 Å². The molecule has 1 aromatic heterocycles. The molecular weight excluding hydrogens is 306 g/mol. The Morgan fingerprint density at radius 3 is 2.50 bits per heavy atom. The summed E-state index contributed by atoms with van der Waals surface area (Å²) in [6, 6.07) is 10.9. The van der Waals surface area contributed by atoms with Crippen molar-refractivity contribution in [1.29, 1.82) is 0 Å². The summed E-state index contributed by atoms with van der Waals surface area (Å²) >= 11 is 0. The standard InChI is InChI=1S/C19H23NO4/c1-3-15(12-18(22)23)20-11-10-17(21)19(16(20)4-2)24-13-14-8-6-5-7-9-14/h5-11,15H,3-4,12-13H2,1-2H3,(H,22,23). The Labute approximate surface area is 141 Å². The van der Waals surface area contributed by atoms with Crippen LogP contribution in [0.3, 0.4) is 0 Å². The number of rotatable bonds is 8. The summed E-state index contributed by atoms with van der Waals surface area (Å²) in [4.78, 5) is 23.3. The second-order valence-corrected chi connectivity index (χ2v) is 5.65. The number of carbonyl (C=O) groups is 1. The van der Waals surface area contributed by atoms with E-state index in [1.807, 2.05) is 48.7 Å². The van der Waals surface area contributed by atoms with Gasteiger partial charge in [0.05, 0.1) is 12.1 Å². The van der Waals surface area contributed by atoms with Crippen molar-refractivity contribution >= 4 is 5.97 Å². The predicted molar refractivity (Wildman–Crippen MR) is 92.4 cm³/mol. The van der Waals surface area contributed by atoms with Gasteiger partial charge in [-0.25, -0.2) is 0 Å². The molecule has 0 amide bonds. The van der Waals surface area contributed by atoms with Crippen molar-refractivity contribution in [2.45, 2.75) is 45.8 Å². The van der Waals surface area contributed by atoms with Crippen LogP contribution in [0.25, 0.3) is 0 Å². The van der Waals surface area contributed by atoms with E-state index in [1.54, 1.807) is 6.20 Å². The van der Waals surface area contributed by atoms with Gasteiger partial charge in [0.15, 0.2) is 5.75 Å². The minimum Gasteiger partial charge on any atom is -0.483 e. The van der Waals surface area contributed by atoms with Gasteiger partial charge in [0, 0.05) is 18.3 Å². The number of aliphatic carboxylic acids is 1. The maximum absolute atomic E-state index is 12.3. The van der Waals surface area contributed by atoms with E-state index in [2.05, 4.69) is 0 Å². The van der Waals surface area contributed by atoms with E-state index in [-0.39, 0.29) is 17.9 Å². The number of carboxylic acids is 1. The van der Waals surface area contributed by atoms with Crippen LogP contribution in [0.5, 0.6) is 5.75 Å². The van der Waals surface area contributed by atoms with E-state index >= 15 is 0 Å². The van der Waals surface area contributed by atoms with Crippen LogP contribution in [-0.4, -0.2) is 15.6 Å². The normalized spacial score (nSPS) is 11.9. The number of hydrogen-bond donors (Lipinski definition) is 1. The van der Waals surface area contributed by atoms with Crippen LogP contribution in [0.2, 0.25) is 0 Å². The Kier molecular flexibility index (Phi) is 6.18. The molecular formula is C19H23NO4. The number of benzene rings is 1. The summed E-state index contributed by atoms with van der Waals surface area (Å²) in [6.07, 6.45) is 2.95. The number of aromatic nitrogens is 1. The Hall–Kier alpha value is -2.56. The molecule has 24 heavy (non-hydrogen) atoms. The summed E-state index contributed by atoms with van der Waals surface area (Å²) in [5, 5.41) is 9.11. The lowest BCUT2D eigenvalue weighted by Gasteiger charge is -2.23. The monoisotopic (exact) mass is 329 g/mol. The maximum atomic E-state index is 12.3. The van der Waals surface area contributed by atoms with Crippen molar-refractivity contribution in [1.82, 2.24) is 4.57 Å². The summed E-state index contributed by atoms with van der Waals surface area (Å²) in [6.45, 7) is 4.19. The van der Waals surface area contributed by atoms with Crippen molar-refractivity contribution in [2.75, 3.05) is 0 Å². The van der Waals surface area contributed by atoms with Crippen LogP contribution >= 0.6 is 0 Å². The predicted octanol–water partition coefficient (Wildman–Crippen LogP) is 3.42. The third-order valence-electron chi connectivity index (χ3n) is 4.02. The molecule has 2 aromatic rings. The molecule has 0 radical (unpaired) electrons. The lowest BCUT2D eigenvalue weighted by molar-refractivity contribution is -0.137. The third-order valence-corrected chi connectivity index (χ3v) is 4.02. The number of hydrogen-bond acceptors (Lipinski definition) is 3. The van der Waals surface area contributed by atoms with Crippen LogP contribution in [0, 0.1) is 0 Å². The molecule has 0 saturated heterocycles. The van der Waals surface area contributed by atoms with Crippen LogP contribution in [0.4, 0.5) is 0 Å². The zero-order valence-corrected chi connectivity index (χ0v) is 14.1. The molecule has 128 valence electrons. The first-order valence-corrected chi connectivity index (χ1v) is 8.19. The molecule has 5 heteroatoms. The van der Waals surface area contributed by atoms with Crippen molar-refractivity contribution in [3.63, 3.8) is 0 Å². The molecule has 0 spiro atoms. The molecule has 1 atom stereocenters. The van der Waals surface area contributed by atoms with Gasteiger partial charge < -0.3 is 14.4 Å². The van der Waals surface area contributed by atoms with Gasteiger partial charge in [0.1, 0.15) is 6.61 Å². The number of pyridine rings is 1. The largest absolute Gasteiger partial charge is 0.483 e. The highest BCUT2D eigenvalue weighted by atomic mass is 16.5. The van der Waals surface area contributed by atoms with Crippen molar-refractivity contribution in [3.05, 3.63) is 64.1 Å². The van der Waals surface area contributed by atoms with Crippen LogP contribution in [-0.2, 0) is 17.8 Å². The summed E-state index contributed by atoms with van der Waals surface area (Å²) in [7, 11) is 0. The number of ether oxygens (including phenoxy) is 1. The summed E-state index contributed by atoms with van der Waals surface area (Å²) < 4.78 is 7.68. The highest BCUT2D eigenvalue weighted by Crippen LogP contribution is 2.24. The zero-order valence-electron chi connectivity index (χ0n) is 14.1. The Morgan fingerprint density at radius 1 is 1.21 bits per heavy atom. The molecule has 0 aliphatic carbocycles. The highest BCUT2D eigenvalue weighted by Gasteiger charge is 2.19. The van der Waals surface area contributed by atoms with E-state index in [4.69, 9.17) is 9.84 Å². The Morgan fingerprint density at radius 2 is 1.92 bits per heavy atom. The zero-order chi connectivity index (χ0) is 17.5. The van der Waals surface area contributed by atoms with Crippen molar-refractivity contribution < 1.29 is 14.6 Å². The minimum absolute atomic E-state index is 0.0183. The molecule has 5 nitrogen and oxygen atoms in total. The fourth-order valence-corrected chi connectivity index (χ4v) is 2.78. The van der Waals surface area contributed by atoms with Gasteiger partial charge in [-0.05, 0) is 18.4 Å². The molecule has 0 aliphatic rings. The number of carboxylic acid groups (broad SMARTS) is 1. The second kappa shape index (κ2) is 8.34. The summed E-state index contributed by atoms with van der Waals surface area (Å²) in [5.74, 6) is -0.540. The molecule has 2 rings (SSSR count). The first kappa shape index (κ1) is 17.8. The van der Waals surface area contributed by atoms with Gasteiger partial charge in [-0.1, -0.05) is 44.2 Å². The summed E-state index contributed by atoms with van der Waals surface area (Å²) in [5.41, 5.74) is 1.54. The average molecular weight is 329 g/mol.